The largest absolute Gasteiger partial charge is 0.508 e. The van der Waals surface area contributed by atoms with Crippen LogP contribution in [0.5, 0.6) is 5.75 Å². The highest BCUT2D eigenvalue weighted by Crippen LogP contribution is 2.33. The van der Waals surface area contributed by atoms with E-state index < -0.39 is 15.1 Å². The molecule has 94 valence electrons. The van der Waals surface area contributed by atoms with E-state index in [2.05, 4.69) is 0 Å². The van der Waals surface area contributed by atoms with E-state index in [1.807, 2.05) is 0 Å². The zero-order valence-corrected chi connectivity index (χ0v) is 10.8. The highest BCUT2D eigenvalue weighted by Gasteiger charge is 2.26. The van der Waals surface area contributed by atoms with Crippen LogP contribution >= 0.6 is 0 Å². The lowest BCUT2D eigenvalue weighted by molar-refractivity contribution is 0.467. The summed E-state index contributed by atoms with van der Waals surface area (Å²) in [5, 5.41) is 8.95. The quantitative estimate of drug-likeness (QED) is 0.925. The zero-order chi connectivity index (χ0) is 13.2. The molecule has 0 saturated carbocycles. The van der Waals surface area contributed by atoms with Crippen LogP contribution in [0.2, 0.25) is 0 Å². The van der Waals surface area contributed by atoms with Crippen LogP contribution in [0, 0.1) is 0 Å². The van der Waals surface area contributed by atoms with Crippen molar-refractivity contribution in [2.45, 2.75) is 17.1 Å². The molecule has 0 aliphatic rings. The molecule has 2 aromatic carbocycles. The van der Waals surface area contributed by atoms with Gasteiger partial charge in [0, 0.05) is 5.56 Å². The second-order valence-electron chi connectivity index (χ2n) is 4.06. The predicted molar refractivity (Wildman–Crippen MR) is 70.1 cm³/mol. The Kier molecular flexibility index (Phi) is 3.39. The van der Waals surface area contributed by atoms with E-state index in [-0.39, 0.29) is 10.6 Å². The summed E-state index contributed by atoms with van der Waals surface area (Å²) < 4.78 is 24.7. The normalized spacial score (nSPS) is 13.2. The molecule has 0 radical (unpaired) electrons. The van der Waals surface area contributed by atoms with Crippen LogP contribution in [0.25, 0.3) is 0 Å². The van der Waals surface area contributed by atoms with Gasteiger partial charge in [-0.2, -0.15) is 0 Å². The van der Waals surface area contributed by atoms with E-state index in [4.69, 9.17) is 0 Å². The molecule has 2 aromatic rings. The number of hydrogen-bond acceptors (Lipinski definition) is 3. The van der Waals surface area contributed by atoms with Crippen LogP contribution in [0.15, 0.2) is 59.5 Å². The molecule has 0 amide bonds. The summed E-state index contributed by atoms with van der Waals surface area (Å²) >= 11 is 0. The molecule has 18 heavy (non-hydrogen) atoms. The van der Waals surface area contributed by atoms with Crippen molar-refractivity contribution in [3.8, 4) is 5.75 Å². The van der Waals surface area contributed by atoms with Gasteiger partial charge in [-0.05, 0) is 25.1 Å². The molecule has 0 aliphatic carbocycles. The minimum atomic E-state index is -3.47. The summed E-state index contributed by atoms with van der Waals surface area (Å²) in [5.41, 5.74) is 0.418. The summed E-state index contributed by atoms with van der Waals surface area (Å²) in [6.07, 6.45) is 0. The van der Waals surface area contributed by atoms with E-state index in [9.17, 15) is 13.5 Å². The van der Waals surface area contributed by atoms with E-state index in [1.165, 1.54) is 6.07 Å². The topological polar surface area (TPSA) is 54.4 Å². The summed E-state index contributed by atoms with van der Waals surface area (Å²) in [7, 11) is -3.47. The summed E-state index contributed by atoms with van der Waals surface area (Å²) in [4.78, 5) is 0.265. The Morgan fingerprint density at radius 3 is 2.11 bits per heavy atom. The number of phenolic OH excluding ortho intramolecular Hbond substituents is 1. The maximum absolute atomic E-state index is 12.4. The summed E-state index contributed by atoms with van der Waals surface area (Å²) in [5.74, 6) is 0.00417. The Bertz CT molecular complexity index is 633. The molecule has 0 heterocycles. The van der Waals surface area contributed by atoms with Gasteiger partial charge in [-0.1, -0.05) is 36.4 Å². The SMILES string of the molecule is CC(c1ccccc1O)S(=O)(=O)c1ccccc1. The molecule has 2 rings (SSSR count). The van der Waals surface area contributed by atoms with E-state index in [0.717, 1.165) is 0 Å². The van der Waals surface area contributed by atoms with Crippen molar-refractivity contribution in [2.24, 2.45) is 0 Å². The maximum Gasteiger partial charge on any atom is 0.185 e. The van der Waals surface area contributed by atoms with Gasteiger partial charge >= 0.3 is 0 Å². The van der Waals surface area contributed by atoms with Crippen LogP contribution < -0.4 is 0 Å². The van der Waals surface area contributed by atoms with Gasteiger partial charge in [0.2, 0.25) is 0 Å². The number of para-hydroxylation sites is 1. The van der Waals surface area contributed by atoms with Crippen LogP contribution in [0.1, 0.15) is 17.7 Å². The van der Waals surface area contributed by atoms with Crippen molar-refractivity contribution in [3.63, 3.8) is 0 Å². The molecule has 1 N–H and O–H groups in total. The molecule has 1 atom stereocenters. The van der Waals surface area contributed by atoms with Gasteiger partial charge in [-0.25, -0.2) is 8.42 Å². The third-order valence-corrected chi connectivity index (χ3v) is 5.03. The Hall–Kier alpha value is -1.81. The molecule has 3 nitrogen and oxygen atoms in total. The minimum Gasteiger partial charge on any atom is -0.508 e. The van der Waals surface area contributed by atoms with Crippen LogP contribution in [0.4, 0.5) is 0 Å². The number of aromatic hydroxyl groups is 1. The number of rotatable bonds is 3. The minimum absolute atomic E-state index is 0.00417. The Labute approximate surface area is 107 Å². The fourth-order valence-corrected chi connectivity index (χ4v) is 3.29. The van der Waals surface area contributed by atoms with Gasteiger partial charge < -0.3 is 5.11 Å². The predicted octanol–water partition coefficient (Wildman–Crippen LogP) is 2.93. The number of sulfone groups is 1. The maximum atomic E-state index is 12.4. The van der Waals surface area contributed by atoms with Crippen molar-refractivity contribution in [1.82, 2.24) is 0 Å². The molecule has 0 fully saturated rings. The first-order valence-corrected chi connectivity index (χ1v) is 7.15. The average molecular weight is 262 g/mol. The number of phenols is 1. The van der Waals surface area contributed by atoms with Gasteiger partial charge in [0.05, 0.1) is 10.1 Å². The molecule has 0 aromatic heterocycles. The second-order valence-corrected chi connectivity index (χ2v) is 6.33. The van der Waals surface area contributed by atoms with Crippen molar-refractivity contribution < 1.29 is 13.5 Å². The first kappa shape index (κ1) is 12.6. The second kappa shape index (κ2) is 4.82. The van der Waals surface area contributed by atoms with Crippen LogP contribution in [-0.2, 0) is 9.84 Å². The Balaban J connectivity index is 2.47. The van der Waals surface area contributed by atoms with Crippen molar-refractivity contribution in [1.29, 1.82) is 0 Å². The first-order chi connectivity index (χ1) is 8.53. The third kappa shape index (κ3) is 2.24. The number of benzene rings is 2. The fraction of sp³-hybridized carbons (Fsp3) is 0.143. The van der Waals surface area contributed by atoms with Crippen molar-refractivity contribution in [3.05, 3.63) is 60.2 Å². The monoisotopic (exact) mass is 262 g/mol. The summed E-state index contributed by atoms with van der Waals surface area (Å²) in [6, 6.07) is 14.8. The smallest absolute Gasteiger partial charge is 0.185 e. The van der Waals surface area contributed by atoms with Gasteiger partial charge in [-0.15, -0.1) is 0 Å². The molecule has 0 spiro atoms. The fourth-order valence-electron chi connectivity index (χ4n) is 1.81. The molecule has 0 aliphatic heterocycles. The van der Waals surface area contributed by atoms with Gasteiger partial charge in [0.25, 0.3) is 0 Å². The first-order valence-electron chi connectivity index (χ1n) is 5.60. The highest BCUT2D eigenvalue weighted by atomic mass is 32.2. The van der Waals surface area contributed by atoms with E-state index in [0.29, 0.717) is 5.56 Å². The van der Waals surface area contributed by atoms with Crippen LogP contribution in [-0.4, -0.2) is 13.5 Å². The van der Waals surface area contributed by atoms with Gasteiger partial charge in [-0.3, -0.25) is 0 Å². The molecular formula is C14H14O3S. The molecular weight excluding hydrogens is 248 g/mol. The van der Waals surface area contributed by atoms with E-state index in [1.54, 1.807) is 55.5 Å². The third-order valence-electron chi connectivity index (χ3n) is 2.91. The van der Waals surface area contributed by atoms with Crippen LogP contribution in [0.3, 0.4) is 0 Å². The highest BCUT2D eigenvalue weighted by molar-refractivity contribution is 7.91. The molecule has 0 saturated heterocycles. The Morgan fingerprint density at radius 2 is 1.50 bits per heavy atom. The lowest BCUT2D eigenvalue weighted by atomic mass is 10.1. The van der Waals surface area contributed by atoms with Crippen molar-refractivity contribution >= 4 is 9.84 Å². The molecule has 0 bridgehead atoms. The summed E-state index contributed by atoms with van der Waals surface area (Å²) in [6.45, 7) is 1.58. The van der Waals surface area contributed by atoms with Gasteiger partial charge in [0.1, 0.15) is 5.75 Å². The average Bonchev–Trinajstić information content (AvgIpc) is 2.39. The molecule has 4 heteroatoms. The number of hydrogen-bond donors (Lipinski definition) is 1. The van der Waals surface area contributed by atoms with Crippen molar-refractivity contribution in [2.75, 3.05) is 0 Å². The molecule has 1 unspecified atom stereocenters. The lowest BCUT2D eigenvalue weighted by Crippen LogP contribution is -2.10. The van der Waals surface area contributed by atoms with E-state index >= 15 is 0 Å². The standard InChI is InChI=1S/C14H14O3S/c1-11(13-9-5-6-10-14(13)15)18(16,17)12-7-3-2-4-8-12/h2-11,15H,1H3. The zero-order valence-electron chi connectivity index (χ0n) is 9.95. The Morgan fingerprint density at radius 1 is 0.944 bits per heavy atom. The lowest BCUT2D eigenvalue weighted by Gasteiger charge is -2.14. The van der Waals surface area contributed by atoms with Gasteiger partial charge in [0.15, 0.2) is 9.84 Å².